The molecule has 0 aliphatic carbocycles. The van der Waals surface area contributed by atoms with Crippen LogP contribution in [0.4, 0.5) is 15.0 Å². The van der Waals surface area contributed by atoms with E-state index in [0.29, 0.717) is 18.9 Å². The summed E-state index contributed by atoms with van der Waals surface area (Å²) >= 11 is 0. The van der Waals surface area contributed by atoms with Crippen molar-refractivity contribution < 1.29 is 18.7 Å². The van der Waals surface area contributed by atoms with Crippen molar-refractivity contribution in [2.24, 2.45) is 0 Å². The number of carbonyl (C=O) groups excluding carboxylic acids is 2. The number of ether oxygens (including phenoxy) is 1. The number of alkyl halides is 1. The van der Waals surface area contributed by atoms with Crippen molar-refractivity contribution in [3.05, 3.63) is 60.3 Å². The van der Waals surface area contributed by atoms with Crippen LogP contribution in [0, 0.1) is 0 Å². The first-order valence-electron chi connectivity index (χ1n) is 8.66. The summed E-state index contributed by atoms with van der Waals surface area (Å²) in [6, 6.07) is 14.8. The number of hydrogen-bond acceptors (Lipinski definition) is 5. The number of rotatable bonds is 5. The number of anilines is 1. The predicted octanol–water partition coefficient (Wildman–Crippen LogP) is 1.95. The molecule has 0 saturated carbocycles. The highest BCUT2D eigenvalue weighted by Gasteiger charge is 2.32. The quantitative estimate of drug-likeness (QED) is 0.868. The maximum absolute atomic E-state index is 12.7. The van der Waals surface area contributed by atoms with Crippen molar-refractivity contribution in [2.75, 3.05) is 31.2 Å². The first-order valence-corrected chi connectivity index (χ1v) is 8.66. The minimum Gasteiger partial charge on any atom is -0.445 e. The van der Waals surface area contributed by atoms with Crippen LogP contribution in [0.15, 0.2) is 54.7 Å². The minimum atomic E-state index is -1.12. The van der Waals surface area contributed by atoms with E-state index in [1.54, 1.807) is 18.3 Å². The smallest absolute Gasteiger partial charge is 0.410 e. The third-order valence-corrected chi connectivity index (χ3v) is 4.24. The second-order valence-electron chi connectivity index (χ2n) is 6.08. The molecule has 1 N–H and O–H groups in total. The number of pyridine rings is 1. The monoisotopic (exact) mass is 372 g/mol. The zero-order valence-corrected chi connectivity index (χ0v) is 14.8. The zero-order chi connectivity index (χ0) is 19.1. The minimum absolute atomic E-state index is 0.168. The summed E-state index contributed by atoms with van der Waals surface area (Å²) in [6.45, 7) is 0.0729. The van der Waals surface area contributed by atoms with E-state index in [1.165, 1.54) is 4.90 Å². The molecule has 0 spiro atoms. The Balaban J connectivity index is 1.65. The molecule has 27 heavy (non-hydrogen) atoms. The maximum Gasteiger partial charge on any atom is 0.410 e. The van der Waals surface area contributed by atoms with Gasteiger partial charge in [0.2, 0.25) is 0 Å². The van der Waals surface area contributed by atoms with E-state index < -0.39 is 24.8 Å². The van der Waals surface area contributed by atoms with Crippen LogP contribution in [-0.2, 0) is 16.1 Å². The van der Waals surface area contributed by atoms with Crippen molar-refractivity contribution in [3.8, 4) is 0 Å². The molecule has 7 nitrogen and oxygen atoms in total. The standard InChI is InChI=1S/C19H21FN4O3/c20-12-18(25)22-17-13-23(10-11-24(17)16-8-4-5-9-21-16)19(26)27-14-15-6-2-1-3-7-15/h1-9,17H,10-14H2,(H,22,25). The van der Waals surface area contributed by atoms with Crippen LogP contribution >= 0.6 is 0 Å². The van der Waals surface area contributed by atoms with Gasteiger partial charge in [0.05, 0.1) is 6.54 Å². The van der Waals surface area contributed by atoms with Gasteiger partial charge in [-0.3, -0.25) is 4.79 Å². The van der Waals surface area contributed by atoms with Crippen LogP contribution in [0.1, 0.15) is 5.56 Å². The molecule has 1 aliphatic heterocycles. The second kappa shape index (κ2) is 8.98. The summed E-state index contributed by atoms with van der Waals surface area (Å²) in [5.41, 5.74) is 0.889. The van der Waals surface area contributed by atoms with Crippen molar-refractivity contribution in [1.29, 1.82) is 0 Å². The van der Waals surface area contributed by atoms with Crippen LogP contribution in [0.25, 0.3) is 0 Å². The Hall–Kier alpha value is -3.16. The number of carbonyl (C=O) groups is 2. The molecule has 2 aromatic rings. The van der Waals surface area contributed by atoms with Crippen molar-refractivity contribution >= 4 is 17.8 Å². The Morgan fingerprint density at radius 3 is 2.63 bits per heavy atom. The van der Waals surface area contributed by atoms with Gasteiger partial charge >= 0.3 is 6.09 Å². The SMILES string of the molecule is O=C(CF)NC1CN(C(=O)OCc2ccccc2)CCN1c1ccccn1. The number of nitrogens with zero attached hydrogens (tertiary/aromatic N) is 3. The molecule has 8 heteroatoms. The van der Waals surface area contributed by atoms with Crippen LogP contribution in [0.3, 0.4) is 0 Å². The molecule has 1 fully saturated rings. The van der Waals surface area contributed by atoms with Gasteiger partial charge in [-0.25, -0.2) is 14.2 Å². The number of hydrogen-bond donors (Lipinski definition) is 1. The van der Waals surface area contributed by atoms with Crippen LogP contribution in [-0.4, -0.2) is 54.4 Å². The lowest BCUT2D eigenvalue weighted by atomic mass is 10.2. The fourth-order valence-corrected chi connectivity index (χ4v) is 2.91. The van der Waals surface area contributed by atoms with Gasteiger partial charge in [0, 0.05) is 19.3 Å². The number of aromatic nitrogens is 1. The van der Waals surface area contributed by atoms with Gasteiger partial charge in [-0.1, -0.05) is 36.4 Å². The van der Waals surface area contributed by atoms with Crippen LogP contribution in [0.5, 0.6) is 0 Å². The second-order valence-corrected chi connectivity index (χ2v) is 6.08. The summed E-state index contributed by atoms with van der Waals surface area (Å²) in [5.74, 6) is -0.0839. The summed E-state index contributed by atoms with van der Waals surface area (Å²) in [7, 11) is 0. The van der Waals surface area contributed by atoms with Crippen molar-refractivity contribution in [2.45, 2.75) is 12.8 Å². The molecule has 2 heterocycles. The fourth-order valence-electron chi connectivity index (χ4n) is 2.91. The van der Waals surface area contributed by atoms with Gasteiger partial charge in [-0.05, 0) is 17.7 Å². The first kappa shape index (κ1) is 18.6. The van der Waals surface area contributed by atoms with E-state index in [-0.39, 0.29) is 13.2 Å². The van der Waals surface area contributed by atoms with Gasteiger partial charge < -0.3 is 19.9 Å². The largest absolute Gasteiger partial charge is 0.445 e. The Morgan fingerprint density at radius 1 is 1.15 bits per heavy atom. The van der Waals surface area contributed by atoms with Gasteiger partial charge in [-0.15, -0.1) is 0 Å². The summed E-state index contributed by atoms with van der Waals surface area (Å²) < 4.78 is 18.0. The van der Waals surface area contributed by atoms with E-state index in [9.17, 15) is 14.0 Å². The lowest BCUT2D eigenvalue weighted by Gasteiger charge is -2.41. The molecule has 0 bridgehead atoms. The summed E-state index contributed by atoms with van der Waals surface area (Å²) in [6.07, 6.45) is 0.587. The number of nitrogens with one attached hydrogen (secondary N) is 1. The molecule has 1 atom stereocenters. The Bertz CT molecular complexity index is 760. The molecule has 3 rings (SSSR count). The number of piperazine rings is 1. The highest BCUT2D eigenvalue weighted by atomic mass is 19.1. The topological polar surface area (TPSA) is 74.8 Å². The van der Waals surface area contributed by atoms with Gasteiger partial charge in [0.1, 0.15) is 18.6 Å². The lowest BCUT2D eigenvalue weighted by Crippen LogP contribution is -2.62. The summed E-state index contributed by atoms with van der Waals surface area (Å²) in [4.78, 5) is 31.6. The van der Waals surface area contributed by atoms with Crippen LogP contribution < -0.4 is 10.2 Å². The van der Waals surface area contributed by atoms with E-state index >= 15 is 0 Å². The molecule has 142 valence electrons. The van der Waals surface area contributed by atoms with Gasteiger partial charge in [-0.2, -0.15) is 0 Å². The highest BCUT2D eigenvalue weighted by molar-refractivity contribution is 5.78. The zero-order valence-electron chi connectivity index (χ0n) is 14.8. The maximum atomic E-state index is 12.7. The Labute approximate surface area is 156 Å². The van der Waals surface area contributed by atoms with E-state index in [0.717, 1.165) is 5.56 Å². The third kappa shape index (κ3) is 4.93. The molecule has 1 aliphatic rings. The van der Waals surface area contributed by atoms with E-state index in [2.05, 4.69) is 10.3 Å². The highest BCUT2D eigenvalue weighted by Crippen LogP contribution is 2.17. The van der Waals surface area contributed by atoms with Crippen molar-refractivity contribution in [3.63, 3.8) is 0 Å². The molecular formula is C19H21FN4O3. The Kier molecular flexibility index (Phi) is 6.19. The third-order valence-electron chi connectivity index (χ3n) is 4.24. The molecule has 1 unspecified atom stereocenters. The molecule has 1 saturated heterocycles. The normalized spacial score (nSPS) is 16.7. The molecule has 0 radical (unpaired) electrons. The molecule has 1 aromatic carbocycles. The van der Waals surface area contributed by atoms with E-state index in [4.69, 9.17) is 4.74 Å². The molecule has 1 aromatic heterocycles. The van der Waals surface area contributed by atoms with Gasteiger partial charge in [0.15, 0.2) is 6.67 Å². The van der Waals surface area contributed by atoms with Gasteiger partial charge in [0.25, 0.3) is 5.91 Å². The van der Waals surface area contributed by atoms with Crippen molar-refractivity contribution in [1.82, 2.24) is 15.2 Å². The fraction of sp³-hybridized carbons (Fsp3) is 0.316. The average Bonchev–Trinajstić information content (AvgIpc) is 2.73. The van der Waals surface area contributed by atoms with E-state index in [1.807, 2.05) is 41.3 Å². The predicted molar refractivity (Wildman–Crippen MR) is 97.7 cm³/mol. The number of benzene rings is 1. The molecular weight excluding hydrogens is 351 g/mol. The number of halogens is 1. The Morgan fingerprint density at radius 2 is 1.93 bits per heavy atom. The lowest BCUT2D eigenvalue weighted by molar-refractivity contribution is -0.122. The summed E-state index contributed by atoms with van der Waals surface area (Å²) in [5, 5.41) is 2.60. The number of amides is 2. The average molecular weight is 372 g/mol. The molecule has 2 amide bonds. The van der Waals surface area contributed by atoms with Crippen LogP contribution in [0.2, 0.25) is 0 Å². The first-order chi connectivity index (χ1) is 13.2.